The number of nitrogens with one attached hydrogen (secondary N) is 1. The predicted molar refractivity (Wildman–Crippen MR) is 60.2 cm³/mol. The van der Waals surface area contributed by atoms with Crippen molar-refractivity contribution in [1.82, 2.24) is 4.72 Å². The van der Waals surface area contributed by atoms with E-state index in [1.165, 1.54) is 7.11 Å². The van der Waals surface area contributed by atoms with E-state index in [-0.39, 0.29) is 18.0 Å². The Morgan fingerprint density at radius 1 is 1.21 bits per heavy atom. The zero-order valence-electron chi connectivity index (χ0n) is 9.90. The lowest BCUT2D eigenvalue weighted by molar-refractivity contribution is -0.274. The van der Waals surface area contributed by atoms with Crippen molar-refractivity contribution in [2.45, 2.75) is 11.3 Å². The van der Waals surface area contributed by atoms with Crippen molar-refractivity contribution in [3.05, 3.63) is 24.3 Å². The van der Waals surface area contributed by atoms with Crippen LogP contribution in [0.5, 0.6) is 5.75 Å². The van der Waals surface area contributed by atoms with Gasteiger partial charge < -0.3 is 9.47 Å². The van der Waals surface area contributed by atoms with Crippen LogP contribution in [0.2, 0.25) is 0 Å². The minimum absolute atomic E-state index is 0.0691. The highest BCUT2D eigenvalue weighted by Gasteiger charge is 2.31. The Kier molecular flexibility index (Phi) is 5.15. The van der Waals surface area contributed by atoms with Crippen LogP contribution in [-0.4, -0.2) is 35.0 Å². The molecule has 0 aromatic heterocycles. The van der Waals surface area contributed by atoms with Crippen molar-refractivity contribution >= 4 is 10.0 Å². The van der Waals surface area contributed by atoms with Gasteiger partial charge in [-0.1, -0.05) is 0 Å². The van der Waals surface area contributed by atoms with Gasteiger partial charge in [0.25, 0.3) is 0 Å². The SMILES string of the molecule is COCCNS(=O)(=O)c1ccc(OC(F)(F)F)cc1. The highest BCUT2D eigenvalue weighted by Crippen LogP contribution is 2.23. The number of alkyl halides is 3. The van der Waals surface area contributed by atoms with E-state index in [0.29, 0.717) is 0 Å². The van der Waals surface area contributed by atoms with E-state index in [4.69, 9.17) is 0 Å². The molecule has 1 N–H and O–H groups in total. The summed E-state index contributed by atoms with van der Waals surface area (Å²) in [6.45, 7) is 0.258. The predicted octanol–water partition coefficient (Wildman–Crippen LogP) is 1.51. The zero-order chi connectivity index (χ0) is 14.5. The maximum absolute atomic E-state index is 11.9. The van der Waals surface area contributed by atoms with Gasteiger partial charge in [-0.15, -0.1) is 13.2 Å². The molecule has 0 spiro atoms. The number of rotatable bonds is 6. The Hall–Kier alpha value is -1.32. The van der Waals surface area contributed by atoms with Gasteiger partial charge in [0.2, 0.25) is 10.0 Å². The summed E-state index contributed by atoms with van der Waals surface area (Å²) in [5, 5.41) is 0. The van der Waals surface area contributed by atoms with Gasteiger partial charge in [0, 0.05) is 13.7 Å². The van der Waals surface area contributed by atoms with Crippen LogP contribution in [0.15, 0.2) is 29.2 Å². The number of methoxy groups -OCH3 is 1. The quantitative estimate of drug-likeness (QED) is 0.809. The Balaban J connectivity index is 2.75. The summed E-state index contributed by atoms with van der Waals surface area (Å²) >= 11 is 0. The molecule has 0 aliphatic heterocycles. The van der Waals surface area contributed by atoms with Crippen molar-refractivity contribution in [1.29, 1.82) is 0 Å². The van der Waals surface area contributed by atoms with Crippen LogP contribution in [0.25, 0.3) is 0 Å². The molecule has 0 amide bonds. The molecular weight excluding hydrogens is 287 g/mol. The van der Waals surface area contributed by atoms with Crippen LogP contribution in [-0.2, 0) is 14.8 Å². The second-order valence-electron chi connectivity index (χ2n) is 3.41. The monoisotopic (exact) mass is 299 g/mol. The average Bonchev–Trinajstić information content (AvgIpc) is 2.27. The largest absolute Gasteiger partial charge is 0.573 e. The molecule has 1 aromatic rings. The molecule has 9 heteroatoms. The Labute approximate surface area is 108 Å². The third-order valence-corrected chi connectivity index (χ3v) is 3.44. The van der Waals surface area contributed by atoms with Gasteiger partial charge in [0.05, 0.1) is 11.5 Å². The summed E-state index contributed by atoms with van der Waals surface area (Å²) in [7, 11) is -2.35. The fraction of sp³-hybridized carbons (Fsp3) is 0.400. The highest BCUT2D eigenvalue weighted by molar-refractivity contribution is 7.89. The van der Waals surface area contributed by atoms with Gasteiger partial charge in [-0.3, -0.25) is 0 Å². The van der Waals surface area contributed by atoms with E-state index < -0.39 is 22.1 Å². The molecule has 0 bridgehead atoms. The Morgan fingerprint density at radius 3 is 2.26 bits per heavy atom. The lowest BCUT2D eigenvalue weighted by Crippen LogP contribution is -2.27. The van der Waals surface area contributed by atoms with Gasteiger partial charge in [0.1, 0.15) is 5.75 Å². The fourth-order valence-electron chi connectivity index (χ4n) is 1.18. The summed E-state index contributed by atoms with van der Waals surface area (Å²) in [4.78, 5) is -0.155. The van der Waals surface area contributed by atoms with E-state index in [9.17, 15) is 21.6 Å². The molecule has 5 nitrogen and oxygen atoms in total. The molecule has 1 aromatic carbocycles. The van der Waals surface area contributed by atoms with E-state index in [2.05, 4.69) is 14.2 Å². The molecule has 19 heavy (non-hydrogen) atoms. The molecule has 0 atom stereocenters. The summed E-state index contributed by atoms with van der Waals surface area (Å²) in [5.74, 6) is -0.483. The molecule has 0 saturated carbocycles. The minimum atomic E-state index is -4.81. The molecule has 1 rings (SSSR count). The number of hydrogen-bond acceptors (Lipinski definition) is 4. The summed E-state index contributed by atoms with van der Waals surface area (Å²) in [6.07, 6.45) is -4.81. The smallest absolute Gasteiger partial charge is 0.406 e. The summed E-state index contributed by atoms with van der Waals surface area (Å²) in [5.41, 5.74) is 0. The van der Waals surface area contributed by atoms with Crippen LogP contribution >= 0.6 is 0 Å². The van der Waals surface area contributed by atoms with E-state index in [1.807, 2.05) is 0 Å². The first-order chi connectivity index (χ1) is 8.74. The maximum Gasteiger partial charge on any atom is 0.573 e. The second-order valence-corrected chi connectivity index (χ2v) is 5.18. The maximum atomic E-state index is 11.9. The highest BCUT2D eigenvalue weighted by atomic mass is 32.2. The van der Waals surface area contributed by atoms with Crippen LogP contribution in [0, 0.1) is 0 Å². The fourth-order valence-corrected chi connectivity index (χ4v) is 2.20. The van der Waals surface area contributed by atoms with Crippen LogP contribution in [0.1, 0.15) is 0 Å². The molecule has 0 heterocycles. The Bertz CT molecular complexity index is 499. The first-order valence-electron chi connectivity index (χ1n) is 5.09. The van der Waals surface area contributed by atoms with E-state index in [0.717, 1.165) is 24.3 Å². The molecule has 0 unspecified atom stereocenters. The zero-order valence-corrected chi connectivity index (χ0v) is 10.7. The number of hydrogen-bond donors (Lipinski definition) is 1. The van der Waals surface area contributed by atoms with Crippen LogP contribution in [0.4, 0.5) is 13.2 Å². The first kappa shape index (κ1) is 15.7. The molecule has 0 fully saturated rings. The molecule has 0 aliphatic carbocycles. The van der Waals surface area contributed by atoms with Crippen LogP contribution < -0.4 is 9.46 Å². The molecule has 0 saturated heterocycles. The molecule has 0 aliphatic rings. The summed E-state index contributed by atoms with van der Waals surface area (Å²) < 4.78 is 69.6. The first-order valence-corrected chi connectivity index (χ1v) is 6.57. The molecular formula is C10H12F3NO4S. The molecule has 108 valence electrons. The van der Waals surface area contributed by atoms with Crippen molar-refractivity contribution in [2.24, 2.45) is 0 Å². The van der Waals surface area contributed by atoms with Gasteiger partial charge in [-0.05, 0) is 24.3 Å². The van der Waals surface area contributed by atoms with Crippen molar-refractivity contribution in [3.8, 4) is 5.75 Å². The Morgan fingerprint density at radius 2 is 1.79 bits per heavy atom. The van der Waals surface area contributed by atoms with Gasteiger partial charge in [0.15, 0.2) is 0 Å². The topological polar surface area (TPSA) is 64.6 Å². The van der Waals surface area contributed by atoms with Crippen molar-refractivity contribution in [2.75, 3.05) is 20.3 Å². The lowest BCUT2D eigenvalue weighted by Gasteiger charge is -2.10. The van der Waals surface area contributed by atoms with E-state index >= 15 is 0 Å². The number of benzene rings is 1. The van der Waals surface area contributed by atoms with Crippen molar-refractivity contribution in [3.63, 3.8) is 0 Å². The minimum Gasteiger partial charge on any atom is -0.406 e. The van der Waals surface area contributed by atoms with Crippen LogP contribution in [0.3, 0.4) is 0 Å². The molecule has 0 radical (unpaired) electrons. The van der Waals surface area contributed by atoms with Gasteiger partial charge in [-0.25, -0.2) is 13.1 Å². The second kappa shape index (κ2) is 6.22. The number of ether oxygens (including phenoxy) is 2. The third kappa shape index (κ3) is 5.45. The normalized spacial score (nSPS) is 12.4. The van der Waals surface area contributed by atoms with Gasteiger partial charge in [-0.2, -0.15) is 0 Å². The number of sulfonamides is 1. The van der Waals surface area contributed by atoms with Gasteiger partial charge >= 0.3 is 6.36 Å². The average molecular weight is 299 g/mol. The third-order valence-electron chi connectivity index (χ3n) is 1.97. The summed E-state index contributed by atoms with van der Waals surface area (Å²) in [6, 6.07) is 3.91. The van der Waals surface area contributed by atoms with E-state index in [1.54, 1.807) is 0 Å². The lowest BCUT2D eigenvalue weighted by atomic mass is 10.3. The standard InChI is InChI=1S/C10H12F3NO4S/c1-17-7-6-14-19(15,16)9-4-2-8(3-5-9)18-10(11,12)13/h2-5,14H,6-7H2,1H3. The van der Waals surface area contributed by atoms with Crippen molar-refractivity contribution < 1.29 is 31.1 Å². The number of halogens is 3.